The van der Waals surface area contributed by atoms with Gasteiger partial charge in [0.25, 0.3) is 0 Å². The second kappa shape index (κ2) is 6.15. The predicted molar refractivity (Wildman–Crippen MR) is 92.4 cm³/mol. The normalized spacial score (nSPS) is 24.5. The van der Waals surface area contributed by atoms with Crippen molar-refractivity contribution in [3.8, 4) is 23.0 Å². The fraction of sp³-hybridized carbons (Fsp3) is 0.400. The van der Waals surface area contributed by atoms with Crippen molar-refractivity contribution in [2.45, 2.75) is 18.9 Å². The first-order chi connectivity index (χ1) is 12.1. The Morgan fingerprint density at radius 1 is 0.920 bits per heavy atom. The first kappa shape index (κ1) is 16.1. The molecule has 5 nitrogen and oxygen atoms in total. The van der Waals surface area contributed by atoms with Gasteiger partial charge in [0, 0.05) is 0 Å². The number of hydrogen-bond acceptors (Lipinski definition) is 5. The number of hydrogen-bond donors (Lipinski definition) is 2. The molecule has 0 bridgehead atoms. The maximum absolute atomic E-state index is 10.1. The number of phenolic OH excluding ortho intramolecular Hbond substituents is 2. The van der Waals surface area contributed by atoms with Crippen molar-refractivity contribution < 1.29 is 24.4 Å². The average molecular weight is 342 g/mol. The number of aromatic hydroxyl groups is 2. The summed E-state index contributed by atoms with van der Waals surface area (Å²) < 4.78 is 16.6. The molecule has 4 rings (SSSR count). The van der Waals surface area contributed by atoms with Crippen molar-refractivity contribution in [3.05, 3.63) is 47.0 Å². The Hall–Kier alpha value is -2.40. The van der Waals surface area contributed by atoms with Gasteiger partial charge in [-0.2, -0.15) is 0 Å². The molecule has 1 aliphatic carbocycles. The van der Waals surface area contributed by atoms with Gasteiger partial charge in [0.05, 0.1) is 26.9 Å². The first-order valence-corrected chi connectivity index (χ1v) is 8.48. The van der Waals surface area contributed by atoms with Crippen LogP contribution in [-0.4, -0.2) is 31.0 Å². The summed E-state index contributed by atoms with van der Waals surface area (Å²) >= 11 is 0. The standard InChI is InChI=1S/C20H22O5/c1-23-18-8-11(3-4-16(18)21)20-15-6-13-7-17(22)19(24-2)9-12(13)5-14(15)10-25-20/h3-4,7-9,14-15,20-22H,5-6,10H2,1-2H3/t14-,15-,20+/m0/s1. The highest BCUT2D eigenvalue weighted by Crippen LogP contribution is 2.47. The number of phenols is 2. The van der Waals surface area contributed by atoms with Gasteiger partial charge in [0.15, 0.2) is 23.0 Å². The minimum atomic E-state index is -0.0307. The topological polar surface area (TPSA) is 68.2 Å². The Bertz CT molecular complexity index is 801. The lowest BCUT2D eigenvalue weighted by Gasteiger charge is -2.30. The molecule has 5 heteroatoms. The molecule has 1 fully saturated rings. The van der Waals surface area contributed by atoms with Gasteiger partial charge in [0.2, 0.25) is 0 Å². The first-order valence-electron chi connectivity index (χ1n) is 8.48. The van der Waals surface area contributed by atoms with E-state index in [9.17, 15) is 10.2 Å². The fourth-order valence-corrected chi connectivity index (χ4v) is 4.15. The minimum Gasteiger partial charge on any atom is -0.504 e. The molecule has 2 N–H and O–H groups in total. The van der Waals surface area contributed by atoms with E-state index in [0.717, 1.165) is 24.0 Å². The molecule has 0 amide bonds. The Labute approximate surface area is 146 Å². The van der Waals surface area contributed by atoms with Crippen molar-refractivity contribution in [1.82, 2.24) is 0 Å². The van der Waals surface area contributed by atoms with Crippen LogP contribution in [0.15, 0.2) is 30.3 Å². The summed E-state index contributed by atoms with van der Waals surface area (Å²) in [5, 5.41) is 19.9. The maximum Gasteiger partial charge on any atom is 0.160 e. The van der Waals surface area contributed by atoms with E-state index in [4.69, 9.17) is 14.2 Å². The van der Waals surface area contributed by atoms with Gasteiger partial charge in [-0.25, -0.2) is 0 Å². The highest BCUT2D eigenvalue weighted by molar-refractivity contribution is 5.48. The molecule has 0 spiro atoms. The smallest absolute Gasteiger partial charge is 0.160 e. The molecule has 0 radical (unpaired) electrons. The summed E-state index contributed by atoms with van der Waals surface area (Å²) in [6.07, 6.45) is 1.74. The molecular formula is C20H22O5. The summed E-state index contributed by atoms with van der Waals surface area (Å²) in [5.74, 6) is 2.08. The summed E-state index contributed by atoms with van der Waals surface area (Å²) in [5.41, 5.74) is 3.40. The van der Waals surface area contributed by atoms with Crippen molar-refractivity contribution in [2.75, 3.05) is 20.8 Å². The molecule has 1 heterocycles. The second-order valence-corrected chi connectivity index (χ2v) is 6.81. The van der Waals surface area contributed by atoms with Crippen LogP contribution in [0, 0.1) is 11.8 Å². The van der Waals surface area contributed by atoms with E-state index < -0.39 is 0 Å². The van der Waals surface area contributed by atoms with E-state index in [1.165, 1.54) is 5.56 Å². The van der Waals surface area contributed by atoms with E-state index in [-0.39, 0.29) is 17.6 Å². The van der Waals surface area contributed by atoms with E-state index in [1.54, 1.807) is 20.3 Å². The van der Waals surface area contributed by atoms with Crippen LogP contribution in [0.3, 0.4) is 0 Å². The molecular weight excluding hydrogens is 320 g/mol. The van der Waals surface area contributed by atoms with Crippen molar-refractivity contribution in [1.29, 1.82) is 0 Å². The molecule has 2 aromatic carbocycles. The SMILES string of the molecule is COc1cc([C@H]2OC[C@@H]3Cc4cc(OC)c(O)cc4C[C@@H]32)ccc1O. The molecule has 3 atom stereocenters. The molecule has 132 valence electrons. The lowest BCUT2D eigenvalue weighted by Crippen LogP contribution is -2.25. The van der Waals surface area contributed by atoms with Gasteiger partial charge in [-0.1, -0.05) is 6.07 Å². The number of fused-ring (bicyclic) bond motifs is 2. The number of methoxy groups -OCH3 is 2. The van der Waals surface area contributed by atoms with Gasteiger partial charge in [-0.05, 0) is 65.6 Å². The summed E-state index contributed by atoms with van der Waals surface area (Å²) in [4.78, 5) is 0. The molecule has 25 heavy (non-hydrogen) atoms. The Morgan fingerprint density at radius 2 is 1.64 bits per heavy atom. The van der Waals surface area contributed by atoms with Gasteiger partial charge < -0.3 is 24.4 Å². The highest BCUT2D eigenvalue weighted by Gasteiger charge is 2.41. The third kappa shape index (κ3) is 2.68. The third-order valence-electron chi connectivity index (χ3n) is 5.46. The number of rotatable bonds is 3. The zero-order valence-corrected chi connectivity index (χ0v) is 14.4. The van der Waals surface area contributed by atoms with Crippen LogP contribution >= 0.6 is 0 Å². The van der Waals surface area contributed by atoms with Crippen LogP contribution in [0.4, 0.5) is 0 Å². The van der Waals surface area contributed by atoms with Crippen molar-refractivity contribution in [3.63, 3.8) is 0 Å². The molecule has 1 aliphatic heterocycles. The lowest BCUT2D eigenvalue weighted by molar-refractivity contribution is 0.0902. The summed E-state index contributed by atoms with van der Waals surface area (Å²) in [6.45, 7) is 0.709. The lowest BCUT2D eigenvalue weighted by atomic mass is 9.74. The zero-order valence-electron chi connectivity index (χ0n) is 14.4. The molecule has 0 unspecified atom stereocenters. The maximum atomic E-state index is 10.1. The van der Waals surface area contributed by atoms with Crippen LogP contribution in [0.1, 0.15) is 22.8 Å². The van der Waals surface area contributed by atoms with E-state index in [0.29, 0.717) is 29.9 Å². The Kier molecular flexibility index (Phi) is 3.96. The van der Waals surface area contributed by atoms with E-state index in [2.05, 4.69) is 0 Å². The minimum absolute atomic E-state index is 0.0307. The van der Waals surface area contributed by atoms with Crippen molar-refractivity contribution in [2.24, 2.45) is 11.8 Å². The van der Waals surface area contributed by atoms with Crippen LogP contribution in [0.5, 0.6) is 23.0 Å². The molecule has 2 aromatic rings. The van der Waals surface area contributed by atoms with Crippen LogP contribution in [0.2, 0.25) is 0 Å². The van der Waals surface area contributed by atoms with Gasteiger partial charge in [-0.15, -0.1) is 0 Å². The van der Waals surface area contributed by atoms with Gasteiger partial charge >= 0.3 is 0 Å². The predicted octanol–water partition coefficient (Wildman–Crippen LogP) is 3.22. The molecule has 1 saturated heterocycles. The summed E-state index contributed by atoms with van der Waals surface area (Å²) in [6, 6.07) is 9.16. The zero-order chi connectivity index (χ0) is 17.6. The van der Waals surface area contributed by atoms with Gasteiger partial charge in [0.1, 0.15) is 0 Å². The Morgan fingerprint density at radius 3 is 2.40 bits per heavy atom. The molecule has 0 aromatic heterocycles. The fourth-order valence-electron chi connectivity index (χ4n) is 4.15. The van der Waals surface area contributed by atoms with E-state index >= 15 is 0 Å². The highest BCUT2D eigenvalue weighted by atomic mass is 16.5. The largest absolute Gasteiger partial charge is 0.504 e. The number of ether oxygens (including phenoxy) is 3. The third-order valence-corrected chi connectivity index (χ3v) is 5.46. The molecule has 0 saturated carbocycles. The van der Waals surface area contributed by atoms with E-state index in [1.807, 2.05) is 24.3 Å². The van der Waals surface area contributed by atoms with Gasteiger partial charge in [-0.3, -0.25) is 0 Å². The summed E-state index contributed by atoms with van der Waals surface area (Å²) in [7, 11) is 3.12. The number of benzene rings is 2. The van der Waals surface area contributed by atoms with Crippen LogP contribution in [0.25, 0.3) is 0 Å². The van der Waals surface area contributed by atoms with Crippen LogP contribution in [-0.2, 0) is 17.6 Å². The van der Waals surface area contributed by atoms with Crippen molar-refractivity contribution >= 4 is 0 Å². The quantitative estimate of drug-likeness (QED) is 0.896. The average Bonchev–Trinajstić information content (AvgIpc) is 3.02. The second-order valence-electron chi connectivity index (χ2n) is 6.81. The Balaban J connectivity index is 1.65. The molecule has 2 aliphatic rings. The monoisotopic (exact) mass is 342 g/mol. The van der Waals surface area contributed by atoms with Crippen LogP contribution < -0.4 is 9.47 Å².